The zero-order chi connectivity index (χ0) is 19.8. The minimum absolute atomic E-state index is 0. The lowest BCUT2D eigenvalue weighted by atomic mass is 10.2. The first-order chi connectivity index (χ1) is 13.7. The van der Waals surface area contributed by atoms with E-state index in [1.807, 2.05) is 35.2 Å². The summed E-state index contributed by atoms with van der Waals surface area (Å²) in [5.41, 5.74) is 0.957. The van der Waals surface area contributed by atoms with Crippen molar-refractivity contribution >= 4 is 41.5 Å². The molecule has 29 heavy (non-hydrogen) atoms. The highest BCUT2D eigenvalue weighted by Crippen LogP contribution is 2.21. The molecule has 1 aromatic rings. The summed E-state index contributed by atoms with van der Waals surface area (Å²) in [5.74, 6) is 0.954. The van der Waals surface area contributed by atoms with Crippen LogP contribution in [0, 0.1) is 0 Å². The molecule has 0 radical (unpaired) electrons. The van der Waals surface area contributed by atoms with Crippen molar-refractivity contribution in [2.75, 3.05) is 51.3 Å². The van der Waals surface area contributed by atoms with Gasteiger partial charge in [-0.25, -0.2) is 0 Å². The Kier molecular flexibility index (Phi) is 10.2. The van der Waals surface area contributed by atoms with Gasteiger partial charge in [0.15, 0.2) is 5.96 Å². The van der Waals surface area contributed by atoms with Crippen LogP contribution in [0.2, 0.25) is 0 Å². The lowest BCUT2D eigenvalue weighted by Crippen LogP contribution is -2.45. The van der Waals surface area contributed by atoms with Crippen molar-refractivity contribution in [3.05, 3.63) is 30.3 Å². The molecule has 162 valence electrons. The molecule has 2 aliphatic heterocycles. The molecule has 7 nitrogen and oxygen atoms in total. The molecule has 2 fully saturated rings. The maximum absolute atomic E-state index is 12.4. The van der Waals surface area contributed by atoms with Crippen LogP contribution in [0.1, 0.15) is 26.2 Å². The van der Waals surface area contributed by atoms with Gasteiger partial charge in [0.25, 0.3) is 0 Å². The van der Waals surface area contributed by atoms with Crippen LogP contribution in [0.4, 0.5) is 5.69 Å². The Hall–Kier alpha value is -1.39. The van der Waals surface area contributed by atoms with Crippen molar-refractivity contribution in [3.63, 3.8) is 0 Å². The molecule has 1 amide bonds. The number of carbonyl (C=O) groups is 1. The number of hydrogen-bond acceptors (Lipinski definition) is 4. The number of nitrogens with one attached hydrogen (secondary N) is 2. The number of rotatable bonds is 8. The van der Waals surface area contributed by atoms with E-state index in [9.17, 15) is 4.79 Å². The third-order valence-corrected chi connectivity index (χ3v) is 5.42. The Balaban J connectivity index is 0.00000300. The molecule has 2 saturated heterocycles. The first kappa shape index (κ1) is 23.9. The molecule has 0 spiro atoms. The van der Waals surface area contributed by atoms with E-state index in [2.05, 4.69) is 22.5 Å². The molecule has 0 bridgehead atoms. The van der Waals surface area contributed by atoms with Gasteiger partial charge in [0.2, 0.25) is 5.91 Å². The van der Waals surface area contributed by atoms with Crippen LogP contribution in [-0.2, 0) is 9.53 Å². The molecule has 0 saturated carbocycles. The molecule has 1 aromatic carbocycles. The first-order valence-electron chi connectivity index (χ1n) is 10.3. The Morgan fingerprint density at radius 3 is 2.83 bits per heavy atom. The van der Waals surface area contributed by atoms with E-state index in [0.717, 1.165) is 44.4 Å². The molecule has 0 aliphatic carbocycles. The summed E-state index contributed by atoms with van der Waals surface area (Å²) in [5, 5.41) is 6.79. The monoisotopic (exact) mass is 515 g/mol. The number of aliphatic imine (C=N–C) groups is 1. The van der Waals surface area contributed by atoms with Gasteiger partial charge in [0.05, 0.1) is 19.2 Å². The molecule has 2 unspecified atom stereocenters. The highest BCUT2D eigenvalue weighted by Gasteiger charge is 2.31. The standard InChI is InChI=1S/C21H33N5O2.HI/c1-3-22-21(23-15-19-10-7-11-25(19)12-13-28-2)24-17-14-20(27)26(16-17)18-8-5-4-6-9-18;/h4-6,8-9,17,19H,3,7,10-16H2,1-2H3,(H2,22,23,24);1H. The van der Waals surface area contributed by atoms with E-state index in [4.69, 9.17) is 9.73 Å². The van der Waals surface area contributed by atoms with E-state index in [1.165, 1.54) is 12.8 Å². The Morgan fingerprint density at radius 1 is 1.31 bits per heavy atom. The zero-order valence-electron chi connectivity index (χ0n) is 17.5. The number of anilines is 1. The number of methoxy groups -OCH3 is 1. The number of likely N-dealkylation sites (tertiary alicyclic amines) is 1. The van der Waals surface area contributed by atoms with Crippen LogP contribution >= 0.6 is 24.0 Å². The van der Waals surface area contributed by atoms with Gasteiger partial charge in [-0.15, -0.1) is 24.0 Å². The molecule has 2 N–H and O–H groups in total. The van der Waals surface area contributed by atoms with Gasteiger partial charge in [-0.1, -0.05) is 18.2 Å². The Labute approximate surface area is 191 Å². The topological polar surface area (TPSA) is 69.2 Å². The number of guanidine groups is 1. The van der Waals surface area contributed by atoms with Crippen LogP contribution in [-0.4, -0.2) is 75.3 Å². The number of hydrogen-bond donors (Lipinski definition) is 2. The molecule has 2 heterocycles. The SMILES string of the molecule is CCNC(=NCC1CCCN1CCOC)NC1CC(=O)N(c2ccccc2)C1.I. The first-order valence-corrected chi connectivity index (χ1v) is 10.3. The van der Waals surface area contributed by atoms with Crippen LogP contribution in [0.15, 0.2) is 35.3 Å². The van der Waals surface area contributed by atoms with E-state index >= 15 is 0 Å². The summed E-state index contributed by atoms with van der Waals surface area (Å²) in [6.07, 6.45) is 2.88. The third kappa shape index (κ3) is 6.82. The lowest BCUT2D eigenvalue weighted by Gasteiger charge is -2.23. The van der Waals surface area contributed by atoms with Crippen LogP contribution < -0.4 is 15.5 Å². The molecular weight excluding hydrogens is 481 g/mol. The van der Waals surface area contributed by atoms with Gasteiger partial charge >= 0.3 is 0 Å². The van der Waals surface area contributed by atoms with Gasteiger partial charge in [0, 0.05) is 44.9 Å². The van der Waals surface area contributed by atoms with E-state index in [0.29, 0.717) is 19.0 Å². The van der Waals surface area contributed by atoms with Crippen molar-refractivity contribution in [2.45, 2.75) is 38.3 Å². The largest absolute Gasteiger partial charge is 0.383 e. The van der Waals surface area contributed by atoms with Crippen LogP contribution in [0.25, 0.3) is 0 Å². The molecule has 2 aliphatic rings. The minimum atomic E-state index is 0. The predicted octanol–water partition coefficient (Wildman–Crippen LogP) is 2.08. The predicted molar refractivity (Wildman–Crippen MR) is 128 cm³/mol. The van der Waals surface area contributed by atoms with Gasteiger partial charge in [-0.2, -0.15) is 0 Å². The Morgan fingerprint density at radius 2 is 2.10 bits per heavy atom. The molecule has 0 aromatic heterocycles. The highest BCUT2D eigenvalue weighted by molar-refractivity contribution is 14.0. The molecule has 3 rings (SSSR count). The number of amides is 1. The second kappa shape index (κ2) is 12.3. The maximum Gasteiger partial charge on any atom is 0.229 e. The minimum Gasteiger partial charge on any atom is -0.383 e. The lowest BCUT2D eigenvalue weighted by molar-refractivity contribution is -0.117. The number of halogens is 1. The van der Waals surface area contributed by atoms with Crippen LogP contribution in [0.3, 0.4) is 0 Å². The second-order valence-electron chi connectivity index (χ2n) is 7.43. The summed E-state index contributed by atoms with van der Waals surface area (Å²) in [7, 11) is 1.75. The number of benzene rings is 1. The van der Waals surface area contributed by atoms with E-state index < -0.39 is 0 Å². The van der Waals surface area contributed by atoms with Crippen molar-refractivity contribution in [2.24, 2.45) is 4.99 Å². The number of para-hydroxylation sites is 1. The summed E-state index contributed by atoms with van der Waals surface area (Å²) in [4.78, 5) is 21.6. The van der Waals surface area contributed by atoms with Crippen molar-refractivity contribution in [3.8, 4) is 0 Å². The average molecular weight is 515 g/mol. The Bertz CT molecular complexity index is 658. The fourth-order valence-corrected chi connectivity index (χ4v) is 3.98. The van der Waals surface area contributed by atoms with Gasteiger partial charge in [-0.05, 0) is 38.4 Å². The maximum atomic E-state index is 12.4. The number of carbonyl (C=O) groups excluding carboxylic acids is 1. The smallest absolute Gasteiger partial charge is 0.229 e. The van der Waals surface area contributed by atoms with Crippen molar-refractivity contribution in [1.29, 1.82) is 0 Å². The molecule has 8 heteroatoms. The quantitative estimate of drug-likeness (QED) is 0.315. The van der Waals surface area contributed by atoms with Crippen molar-refractivity contribution < 1.29 is 9.53 Å². The average Bonchev–Trinajstić information content (AvgIpc) is 3.31. The second-order valence-corrected chi connectivity index (χ2v) is 7.43. The normalized spacial score (nSPS) is 22.6. The van der Waals surface area contributed by atoms with Gasteiger partial charge in [0.1, 0.15) is 0 Å². The zero-order valence-corrected chi connectivity index (χ0v) is 19.8. The third-order valence-electron chi connectivity index (χ3n) is 5.42. The molecular formula is C21H34IN5O2. The summed E-state index contributed by atoms with van der Waals surface area (Å²) < 4.78 is 5.22. The molecule has 2 atom stereocenters. The number of nitrogens with zero attached hydrogens (tertiary/aromatic N) is 3. The van der Waals surface area contributed by atoms with Gasteiger partial charge < -0.3 is 20.3 Å². The fraction of sp³-hybridized carbons (Fsp3) is 0.619. The van der Waals surface area contributed by atoms with Crippen LogP contribution in [0.5, 0.6) is 0 Å². The van der Waals surface area contributed by atoms with E-state index in [-0.39, 0.29) is 35.9 Å². The summed E-state index contributed by atoms with van der Waals surface area (Å²) in [6.45, 7) is 7.14. The summed E-state index contributed by atoms with van der Waals surface area (Å²) >= 11 is 0. The highest BCUT2D eigenvalue weighted by atomic mass is 127. The van der Waals surface area contributed by atoms with E-state index in [1.54, 1.807) is 7.11 Å². The van der Waals surface area contributed by atoms with Gasteiger partial charge in [-0.3, -0.25) is 14.7 Å². The fourth-order valence-electron chi connectivity index (χ4n) is 3.98. The summed E-state index contributed by atoms with van der Waals surface area (Å²) in [6, 6.07) is 10.4. The number of ether oxygens (including phenoxy) is 1. The van der Waals surface area contributed by atoms with Crippen molar-refractivity contribution in [1.82, 2.24) is 15.5 Å².